The number of hydrogen-bond acceptors (Lipinski definition) is 4. The molecule has 3 rings (SSSR count). The second-order valence-electron chi connectivity index (χ2n) is 7.63. The Morgan fingerprint density at radius 3 is 2.42 bits per heavy atom. The van der Waals surface area contributed by atoms with Crippen molar-refractivity contribution in [2.75, 3.05) is 17.1 Å². The number of nitrogens with one attached hydrogen (secondary N) is 1. The van der Waals surface area contributed by atoms with Gasteiger partial charge in [-0.25, -0.2) is 13.8 Å². The SMILES string of the molecule is Cc1ccc(N(CC(=O)N/N=C/c2cc(C)n(-c3cccc(Cl)c3Cl)c2C)S(C)(=O)=O)cc1. The van der Waals surface area contributed by atoms with E-state index in [2.05, 4.69) is 10.5 Å². The third-order valence-electron chi connectivity index (χ3n) is 5.04. The maximum atomic E-state index is 12.4. The van der Waals surface area contributed by atoms with Gasteiger partial charge in [0.2, 0.25) is 10.0 Å². The summed E-state index contributed by atoms with van der Waals surface area (Å²) in [6, 6.07) is 14.2. The fraction of sp³-hybridized carbons (Fsp3) is 0.217. The average molecular weight is 507 g/mol. The van der Waals surface area contributed by atoms with Gasteiger partial charge in [-0.3, -0.25) is 9.10 Å². The molecule has 10 heteroatoms. The van der Waals surface area contributed by atoms with Crippen LogP contribution in [-0.2, 0) is 14.8 Å². The number of aryl methyl sites for hydroxylation is 2. The zero-order valence-electron chi connectivity index (χ0n) is 18.6. The molecule has 1 N–H and O–H groups in total. The Bertz CT molecular complexity index is 1320. The number of amides is 1. The summed E-state index contributed by atoms with van der Waals surface area (Å²) in [6.07, 6.45) is 2.56. The Morgan fingerprint density at radius 2 is 1.79 bits per heavy atom. The Kier molecular flexibility index (Phi) is 7.51. The lowest BCUT2D eigenvalue weighted by atomic mass is 10.2. The monoisotopic (exact) mass is 506 g/mol. The summed E-state index contributed by atoms with van der Waals surface area (Å²) in [5.41, 5.74) is 7.06. The number of rotatable bonds is 7. The van der Waals surface area contributed by atoms with Crippen LogP contribution >= 0.6 is 23.2 Å². The number of anilines is 1. The van der Waals surface area contributed by atoms with E-state index in [9.17, 15) is 13.2 Å². The van der Waals surface area contributed by atoms with E-state index in [4.69, 9.17) is 23.2 Å². The highest BCUT2D eigenvalue weighted by molar-refractivity contribution is 7.92. The number of nitrogens with zero attached hydrogens (tertiary/aromatic N) is 3. The van der Waals surface area contributed by atoms with Crippen molar-refractivity contribution < 1.29 is 13.2 Å². The minimum absolute atomic E-state index is 0.392. The van der Waals surface area contributed by atoms with Gasteiger partial charge in [0.25, 0.3) is 5.91 Å². The quantitative estimate of drug-likeness (QED) is 0.374. The highest BCUT2D eigenvalue weighted by Crippen LogP contribution is 2.31. The molecule has 174 valence electrons. The molecule has 0 saturated heterocycles. The van der Waals surface area contributed by atoms with Crippen LogP contribution in [0.25, 0.3) is 5.69 Å². The minimum atomic E-state index is -3.66. The first-order valence-corrected chi connectivity index (χ1v) is 12.6. The summed E-state index contributed by atoms with van der Waals surface area (Å²) in [7, 11) is -3.66. The maximum absolute atomic E-state index is 12.4. The molecule has 0 aliphatic carbocycles. The smallest absolute Gasteiger partial charge is 0.260 e. The molecule has 0 saturated carbocycles. The molecule has 1 amide bonds. The molecule has 3 aromatic rings. The van der Waals surface area contributed by atoms with Crippen LogP contribution in [0.15, 0.2) is 53.6 Å². The van der Waals surface area contributed by atoms with Crippen LogP contribution in [0.1, 0.15) is 22.5 Å². The Labute approximate surface area is 203 Å². The lowest BCUT2D eigenvalue weighted by Gasteiger charge is -2.21. The van der Waals surface area contributed by atoms with Crippen molar-refractivity contribution in [1.29, 1.82) is 0 Å². The van der Waals surface area contributed by atoms with Gasteiger partial charge < -0.3 is 4.57 Å². The van der Waals surface area contributed by atoms with Crippen LogP contribution in [0.3, 0.4) is 0 Å². The topological polar surface area (TPSA) is 83.8 Å². The van der Waals surface area contributed by atoms with Gasteiger partial charge in [-0.1, -0.05) is 47.0 Å². The Hall–Kier alpha value is -2.81. The van der Waals surface area contributed by atoms with E-state index in [1.807, 2.05) is 43.5 Å². The van der Waals surface area contributed by atoms with Gasteiger partial charge in [0.05, 0.1) is 33.9 Å². The lowest BCUT2D eigenvalue weighted by molar-refractivity contribution is -0.119. The second-order valence-corrected chi connectivity index (χ2v) is 10.3. The molecule has 0 fully saturated rings. The molecule has 33 heavy (non-hydrogen) atoms. The van der Waals surface area contributed by atoms with E-state index in [0.717, 1.165) is 38.8 Å². The van der Waals surface area contributed by atoms with Crippen molar-refractivity contribution in [1.82, 2.24) is 9.99 Å². The van der Waals surface area contributed by atoms with Crippen LogP contribution in [0.2, 0.25) is 10.0 Å². The van der Waals surface area contributed by atoms with Gasteiger partial charge in [-0.05, 0) is 51.1 Å². The van der Waals surface area contributed by atoms with E-state index in [-0.39, 0.29) is 0 Å². The van der Waals surface area contributed by atoms with E-state index >= 15 is 0 Å². The van der Waals surface area contributed by atoms with E-state index < -0.39 is 22.5 Å². The van der Waals surface area contributed by atoms with Crippen molar-refractivity contribution >= 4 is 51.0 Å². The fourth-order valence-electron chi connectivity index (χ4n) is 3.40. The number of carbonyl (C=O) groups is 1. The first kappa shape index (κ1) is 24.8. The number of hydrogen-bond donors (Lipinski definition) is 1. The summed E-state index contributed by atoms with van der Waals surface area (Å²) in [6.45, 7) is 5.32. The third kappa shape index (κ3) is 5.76. The third-order valence-corrected chi connectivity index (χ3v) is 6.99. The van der Waals surface area contributed by atoms with Gasteiger partial charge in [0.1, 0.15) is 6.54 Å². The van der Waals surface area contributed by atoms with E-state index in [1.54, 1.807) is 30.3 Å². The number of aromatic nitrogens is 1. The summed E-state index contributed by atoms with van der Waals surface area (Å²) in [5.74, 6) is -0.566. The first-order valence-electron chi connectivity index (χ1n) is 9.98. The van der Waals surface area contributed by atoms with E-state index in [0.29, 0.717) is 15.7 Å². The Balaban J connectivity index is 1.76. The zero-order valence-corrected chi connectivity index (χ0v) is 21.0. The number of hydrazone groups is 1. The number of benzene rings is 2. The lowest BCUT2D eigenvalue weighted by Crippen LogP contribution is -2.39. The molecule has 0 spiro atoms. The van der Waals surface area contributed by atoms with Crippen LogP contribution in [0, 0.1) is 20.8 Å². The second kappa shape index (κ2) is 9.99. The number of sulfonamides is 1. The first-order chi connectivity index (χ1) is 15.5. The molecule has 2 aromatic carbocycles. The molecule has 0 atom stereocenters. The summed E-state index contributed by atoms with van der Waals surface area (Å²) >= 11 is 12.5. The molecule has 0 unspecified atom stereocenters. The normalized spacial score (nSPS) is 11.7. The van der Waals surface area contributed by atoms with Crippen molar-refractivity contribution in [3.05, 3.63) is 81.1 Å². The van der Waals surface area contributed by atoms with Gasteiger partial charge >= 0.3 is 0 Å². The summed E-state index contributed by atoms with van der Waals surface area (Å²) in [4.78, 5) is 12.4. The maximum Gasteiger partial charge on any atom is 0.260 e. The fourth-order valence-corrected chi connectivity index (χ4v) is 4.64. The molecule has 0 aliphatic heterocycles. The molecule has 7 nitrogen and oxygen atoms in total. The van der Waals surface area contributed by atoms with Crippen molar-refractivity contribution in [2.24, 2.45) is 5.10 Å². The van der Waals surface area contributed by atoms with Gasteiger partial charge in [-0.15, -0.1) is 0 Å². The van der Waals surface area contributed by atoms with Gasteiger partial charge in [-0.2, -0.15) is 5.10 Å². The van der Waals surface area contributed by atoms with E-state index in [1.165, 1.54) is 6.21 Å². The van der Waals surface area contributed by atoms with Crippen molar-refractivity contribution in [3.63, 3.8) is 0 Å². The average Bonchev–Trinajstić information content (AvgIpc) is 3.01. The van der Waals surface area contributed by atoms with Crippen molar-refractivity contribution in [3.8, 4) is 5.69 Å². The minimum Gasteiger partial charge on any atom is -0.316 e. The molecule has 0 bridgehead atoms. The molecule has 1 aromatic heterocycles. The van der Waals surface area contributed by atoms with Crippen LogP contribution in [-0.4, -0.2) is 37.9 Å². The van der Waals surface area contributed by atoms with Gasteiger partial charge in [0, 0.05) is 17.0 Å². The highest BCUT2D eigenvalue weighted by Gasteiger charge is 2.20. The van der Waals surface area contributed by atoms with Crippen LogP contribution in [0.5, 0.6) is 0 Å². The highest BCUT2D eigenvalue weighted by atomic mass is 35.5. The van der Waals surface area contributed by atoms with Gasteiger partial charge in [0.15, 0.2) is 0 Å². The standard InChI is InChI=1S/C23H24Cl2N4O3S/c1-15-8-10-19(11-9-15)28(33(4,31)32)14-22(30)27-26-13-18-12-16(2)29(17(18)3)21-7-5-6-20(24)23(21)25/h5-13H,14H2,1-4H3,(H,27,30)/b26-13+. The predicted octanol–water partition coefficient (Wildman–Crippen LogP) is 4.63. The molecule has 0 radical (unpaired) electrons. The molecular formula is C23H24Cl2N4O3S. The number of carbonyl (C=O) groups excluding carboxylic acids is 1. The molecular weight excluding hydrogens is 483 g/mol. The van der Waals surface area contributed by atoms with Crippen molar-refractivity contribution in [2.45, 2.75) is 20.8 Å². The predicted molar refractivity (Wildman–Crippen MR) is 134 cm³/mol. The zero-order chi connectivity index (χ0) is 24.3. The van der Waals surface area contributed by atoms with Crippen LogP contribution in [0.4, 0.5) is 5.69 Å². The molecule has 0 aliphatic rings. The number of halogens is 2. The molecule has 1 heterocycles. The largest absolute Gasteiger partial charge is 0.316 e. The summed E-state index contributed by atoms with van der Waals surface area (Å²) < 4.78 is 27.4. The summed E-state index contributed by atoms with van der Waals surface area (Å²) in [5, 5.41) is 4.91. The Morgan fingerprint density at radius 1 is 1.12 bits per heavy atom. The van der Waals surface area contributed by atoms with Crippen LogP contribution < -0.4 is 9.73 Å².